The van der Waals surface area contributed by atoms with Gasteiger partial charge < -0.3 is 29.7 Å². The average molecular weight is 729 g/mol. The van der Waals surface area contributed by atoms with Crippen molar-refractivity contribution < 1.29 is 41.8 Å². The van der Waals surface area contributed by atoms with Gasteiger partial charge in [-0.3, -0.25) is 19.1 Å². The Bertz CT molecular complexity index is 1850. The molecule has 16 heteroatoms. The number of nitrogens with zero attached hydrogens (tertiary/aromatic N) is 3. The summed E-state index contributed by atoms with van der Waals surface area (Å²) in [7, 11) is -2.37. The first-order chi connectivity index (χ1) is 23.7. The number of likely N-dealkylation sites (tertiary alicyclic amines) is 1. The van der Waals surface area contributed by atoms with E-state index in [9.17, 15) is 27.6 Å². The van der Waals surface area contributed by atoms with Crippen LogP contribution in [-0.4, -0.2) is 95.3 Å². The number of rotatable bonds is 11. The normalized spacial score (nSPS) is 23.9. The molecule has 15 nitrogen and oxygen atoms in total. The Kier molecular flexibility index (Phi) is 10.1. The van der Waals surface area contributed by atoms with Crippen LogP contribution in [0.1, 0.15) is 73.1 Å². The molecule has 2 heterocycles. The fraction of sp³-hybridized carbons (Fsp3) is 0.600. The first-order valence-corrected chi connectivity index (χ1v) is 18.5. The predicted octanol–water partition coefficient (Wildman–Crippen LogP) is 2.90. The fourth-order valence-corrected chi connectivity index (χ4v) is 7.56. The molecule has 5 unspecified atom stereocenters. The summed E-state index contributed by atoms with van der Waals surface area (Å²) in [6.07, 6.45) is 0.954. The van der Waals surface area contributed by atoms with E-state index in [-0.39, 0.29) is 25.3 Å². The Balaban J connectivity index is 1.47. The number of ether oxygens (including phenoxy) is 3. The maximum Gasteiger partial charge on any atom is 0.408 e. The number of aromatic nitrogens is 2. The minimum Gasteiger partial charge on any atom is -0.497 e. The summed E-state index contributed by atoms with van der Waals surface area (Å²) in [5, 5.41) is 5.38. The van der Waals surface area contributed by atoms with E-state index in [0.717, 1.165) is 0 Å². The molecular weight excluding hydrogens is 680 g/mol. The highest BCUT2D eigenvalue weighted by Crippen LogP contribution is 2.45. The second kappa shape index (κ2) is 13.6. The number of amides is 4. The third-order valence-corrected chi connectivity index (χ3v) is 10.9. The number of aryl methyl sites for hydroxylation is 1. The van der Waals surface area contributed by atoms with Crippen molar-refractivity contribution >= 4 is 44.7 Å². The summed E-state index contributed by atoms with van der Waals surface area (Å²) in [6, 6.07) is 2.96. The zero-order chi connectivity index (χ0) is 37.7. The first kappa shape index (κ1) is 37.8. The van der Waals surface area contributed by atoms with Crippen molar-refractivity contribution in [3.8, 4) is 11.6 Å². The molecule has 4 amide bonds. The quantitative estimate of drug-likeness (QED) is 0.288. The topological polar surface area (TPSA) is 195 Å². The third-order valence-electron chi connectivity index (χ3n) is 9.13. The monoisotopic (exact) mass is 728 g/mol. The summed E-state index contributed by atoms with van der Waals surface area (Å²) in [5.41, 5.74) is -2.62. The second-order valence-corrected chi connectivity index (χ2v) is 17.5. The molecule has 2 saturated carbocycles. The number of benzene rings is 1. The lowest BCUT2D eigenvalue weighted by molar-refractivity contribution is -0.143. The van der Waals surface area contributed by atoms with Crippen molar-refractivity contribution in [1.82, 2.24) is 30.2 Å². The van der Waals surface area contributed by atoms with E-state index in [2.05, 4.69) is 31.9 Å². The van der Waals surface area contributed by atoms with Gasteiger partial charge in [0.2, 0.25) is 27.7 Å². The molecule has 0 spiro atoms. The second-order valence-electron chi connectivity index (χ2n) is 15.6. The van der Waals surface area contributed by atoms with E-state index in [1.165, 1.54) is 18.1 Å². The number of hydrogen-bond acceptors (Lipinski definition) is 11. The molecule has 5 rings (SSSR count). The van der Waals surface area contributed by atoms with E-state index in [1.807, 2.05) is 0 Å². The number of sulfonamides is 1. The van der Waals surface area contributed by atoms with Crippen molar-refractivity contribution in [2.75, 3.05) is 13.7 Å². The van der Waals surface area contributed by atoms with Gasteiger partial charge in [0, 0.05) is 12.3 Å². The average Bonchev–Trinajstić information content (AvgIpc) is 3.95. The maximum atomic E-state index is 14.5. The van der Waals surface area contributed by atoms with Crippen LogP contribution in [0.25, 0.3) is 10.9 Å². The van der Waals surface area contributed by atoms with Gasteiger partial charge in [0.15, 0.2) is 0 Å². The molecule has 2 aliphatic carbocycles. The van der Waals surface area contributed by atoms with Crippen molar-refractivity contribution in [2.45, 2.75) is 109 Å². The van der Waals surface area contributed by atoms with E-state index < -0.39 is 79.7 Å². The highest BCUT2D eigenvalue weighted by atomic mass is 32.2. The highest BCUT2D eigenvalue weighted by molar-refractivity contribution is 7.91. The molecule has 278 valence electrons. The Labute approximate surface area is 298 Å². The summed E-state index contributed by atoms with van der Waals surface area (Å²) >= 11 is 0. The van der Waals surface area contributed by atoms with Crippen LogP contribution in [0.3, 0.4) is 0 Å². The lowest BCUT2D eigenvalue weighted by Crippen LogP contribution is -2.60. The molecule has 0 bridgehead atoms. The van der Waals surface area contributed by atoms with Gasteiger partial charge in [-0.15, -0.1) is 6.58 Å². The lowest BCUT2D eigenvalue weighted by atomic mass is 9.85. The Hall–Kier alpha value is -4.47. The van der Waals surface area contributed by atoms with Crippen molar-refractivity contribution in [3.05, 3.63) is 36.7 Å². The van der Waals surface area contributed by atoms with Gasteiger partial charge in [-0.1, -0.05) is 26.8 Å². The molecule has 51 heavy (non-hydrogen) atoms. The molecule has 1 aromatic carbocycles. The number of fused-ring (bicyclic) bond motifs is 1. The molecule has 3 aliphatic rings. The minimum absolute atomic E-state index is 0.00772. The van der Waals surface area contributed by atoms with Crippen LogP contribution < -0.4 is 24.8 Å². The predicted molar refractivity (Wildman–Crippen MR) is 187 cm³/mol. The van der Waals surface area contributed by atoms with Gasteiger partial charge in [-0.05, 0) is 70.6 Å². The van der Waals surface area contributed by atoms with Gasteiger partial charge >= 0.3 is 6.09 Å². The molecule has 1 aliphatic heterocycles. The number of hydrogen-bond donors (Lipinski definition) is 3. The highest BCUT2D eigenvalue weighted by Gasteiger charge is 2.62. The fourth-order valence-electron chi connectivity index (χ4n) is 6.20. The number of alkyl carbamates (subject to hydrolysis) is 1. The van der Waals surface area contributed by atoms with Crippen molar-refractivity contribution in [1.29, 1.82) is 0 Å². The molecule has 3 fully saturated rings. The molecule has 5 atom stereocenters. The van der Waals surface area contributed by atoms with Crippen LogP contribution in [-0.2, 0) is 29.1 Å². The number of carbonyl (C=O) groups is 4. The molecule has 1 aromatic heterocycles. The van der Waals surface area contributed by atoms with Crippen LogP contribution in [0.5, 0.6) is 11.6 Å². The third kappa shape index (κ3) is 8.37. The number of methoxy groups -OCH3 is 1. The number of carbonyl (C=O) groups excluding carboxylic acids is 4. The van der Waals surface area contributed by atoms with Gasteiger partial charge in [-0.2, -0.15) is 4.98 Å². The van der Waals surface area contributed by atoms with Gasteiger partial charge in [0.1, 0.15) is 40.9 Å². The summed E-state index contributed by atoms with van der Waals surface area (Å²) in [4.78, 5) is 65.4. The Morgan fingerprint density at radius 3 is 2.35 bits per heavy atom. The van der Waals surface area contributed by atoms with Gasteiger partial charge in [-0.25, -0.2) is 18.2 Å². The van der Waals surface area contributed by atoms with Gasteiger partial charge in [0.05, 0.1) is 29.8 Å². The van der Waals surface area contributed by atoms with Crippen LogP contribution in [0, 0.1) is 18.3 Å². The largest absolute Gasteiger partial charge is 0.497 e. The standard InChI is InChI=1S/C35H48N6O9S/c1-10-20-17-35(20,31(44)40-51(46,47)23-12-13-23)39-28(42)26-16-22(49-29-24-15-21(48-9)11-14-25(24)36-19(2)37-29)18-41(26)30(43)27(33(3,4)5)38-32(45)50-34(6,7)8/h10-11,14-15,20,22-23,26-27H,1,12-13,16-18H2,2-9H3,(H,38,45)(H,39,42)(H,40,44). The smallest absolute Gasteiger partial charge is 0.408 e. The SMILES string of the molecule is C=CC1CC1(NC(=O)C1CC(Oc2nc(C)nc3ccc(OC)cc23)CN1C(=O)C(NC(=O)OC(C)(C)C)C(C)(C)C)C(=O)NS(=O)(=O)C1CC1. The summed E-state index contributed by atoms with van der Waals surface area (Å²) in [5.74, 6) is -1.43. The maximum absolute atomic E-state index is 14.5. The zero-order valence-corrected chi connectivity index (χ0v) is 31.2. The van der Waals surface area contributed by atoms with E-state index >= 15 is 0 Å². The van der Waals surface area contributed by atoms with Crippen molar-refractivity contribution in [2.24, 2.45) is 11.3 Å². The van der Waals surface area contributed by atoms with Crippen LogP contribution in [0.2, 0.25) is 0 Å². The summed E-state index contributed by atoms with van der Waals surface area (Å²) in [6.45, 7) is 15.8. The van der Waals surface area contributed by atoms with E-state index in [0.29, 0.717) is 35.3 Å². The zero-order valence-electron chi connectivity index (χ0n) is 30.4. The molecule has 3 N–H and O–H groups in total. The molecule has 1 saturated heterocycles. The molecular formula is C35H48N6O9S. The van der Waals surface area contributed by atoms with Gasteiger partial charge in [0.25, 0.3) is 5.91 Å². The molecule has 0 radical (unpaired) electrons. The van der Waals surface area contributed by atoms with Crippen molar-refractivity contribution in [3.63, 3.8) is 0 Å². The molecule has 2 aromatic rings. The first-order valence-electron chi connectivity index (χ1n) is 17.0. The Morgan fingerprint density at radius 2 is 1.78 bits per heavy atom. The van der Waals surface area contributed by atoms with E-state index in [4.69, 9.17) is 14.2 Å². The van der Waals surface area contributed by atoms with E-state index in [1.54, 1.807) is 66.7 Å². The van der Waals surface area contributed by atoms with Crippen LogP contribution >= 0.6 is 0 Å². The van der Waals surface area contributed by atoms with Crippen LogP contribution in [0.4, 0.5) is 4.79 Å². The lowest BCUT2D eigenvalue weighted by Gasteiger charge is -2.36. The summed E-state index contributed by atoms with van der Waals surface area (Å²) < 4.78 is 44.7. The number of nitrogens with one attached hydrogen (secondary N) is 3. The van der Waals surface area contributed by atoms with Crippen LogP contribution in [0.15, 0.2) is 30.9 Å². The minimum atomic E-state index is -3.91. The Morgan fingerprint density at radius 1 is 1.10 bits per heavy atom.